The van der Waals surface area contributed by atoms with Gasteiger partial charge in [0.1, 0.15) is 17.3 Å². The Morgan fingerprint density at radius 2 is 2.29 bits per heavy atom. The highest BCUT2D eigenvalue weighted by Crippen LogP contribution is 2.38. The van der Waals surface area contributed by atoms with E-state index in [0.717, 1.165) is 23.8 Å². The summed E-state index contributed by atoms with van der Waals surface area (Å²) in [7, 11) is 1.72. The maximum atomic E-state index is 6.28. The van der Waals surface area contributed by atoms with Crippen molar-refractivity contribution in [2.75, 3.05) is 25.2 Å². The largest absolute Gasteiger partial charge is 0.383 e. The molecule has 3 rings (SSSR count). The quantitative estimate of drug-likeness (QED) is 0.767. The van der Waals surface area contributed by atoms with Gasteiger partial charge in [-0.05, 0) is 32.6 Å². The maximum Gasteiger partial charge on any atom is 0.255 e. The second-order valence-corrected chi connectivity index (χ2v) is 5.95. The van der Waals surface area contributed by atoms with Gasteiger partial charge in [0.2, 0.25) is 0 Å². The average molecular weight is 310 g/mol. The first-order chi connectivity index (χ1) is 10.1. The highest BCUT2D eigenvalue weighted by Gasteiger charge is 2.34. The first-order valence-electron chi connectivity index (χ1n) is 7.25. The van der Waals surface area contributed by atoms with Gasteiger partial charge in [0.05, 0.1) is 6.61 Å². The van der Waals surface area contributed by atoms with Crippen LogP contribution in [0.1, 0.15) is 25.3 Å². The van der Waals surface area contributed by atoms with Crippen molar-refractivity contribution >= 4 is 23.2 Å². The molecule has 0 spiro atoms. The van der Waals surface area contributed by atoms with Gasteiger partial charge in [-0.2, -0.15) is 19.6 Å². The molecule has 0 aromatic carbocycles. The number of rotatable bonds is 6. The molecule has 0 bridgehead atoms. The fourth-order valence-electron chi connectivity index (χ4n) is 2.75. The van der Waals surface area contributed by atoms with Crippen LogP contribution in [-0.4, -0.2) is 45.9 Å². The molecule has 1 saturated carbocycles. The number of hydrogen-bond acceptors (Lipinski definition) is 5. The summed E-state index contributed by atoms with van der Waals surface area (Å²) in [6.07, 6.45) is 4.07. The Bertz CT molecular complexity index is 640. The Morgan fingerprint density at radius 3 is 2.95 bits per heavy atom. The lowest BCUT2D eigenvalue weighted by Gasteiger charge is -2.32. The molecule has 1 aliphatic rings. The molecule has 0 aliphatic heterocycles. The van der Waals surface area contributed by atoms with Crippen LogP contribution in [0.2, 0.25) is 5.15 Å². The highest BCUT2D eigenvalue weighted by molar-refractivity contribution is 6.30. The van der Waals surface area contributed by atoms with Crippen molar-refractivity contribution in [3.63, 3.8) is 0 Å². The van der Waals surface area contributed by atoms with Gasteiger partial charge in [0.15, 0.2) is 0 Å². The van der Waals surface area contributed by atoms with Crippen molar-refractivity contribution in [2.24, 2.45) is 5.92 Å². The molecular formula is C14H20ClN5O. The third-order valence-corrected chi connectivity index (χ3v) is 4.55. The molecule has 1 unspecified atom stereocenters. The van der Waals surface area contributed by atoms with Crippen molar-refractivity contribution in [3.05, 3.63) is 17.0 Å². The molecule has 1 aliphatic carbocycles. The number of fused-ring (bicyclic) bond motifs is 1. The van der Waals surface area contributed by atoms with E-state index in [2.05, 4.69) is 26.9 Å². The van der Waals surface area contributed by atoms with Crippen LogP contribution in [0.4, 0.5) is 5.82 Å². The lowest BCUT2D eigenvalue weighted by Crippen LogP contribution is -2.39. The number of halogens is 1. The van der Waals surface area contributed by atoms with Gasteiger partial charge < -0.3 is 9.64 Å². The number of ether oxygens (including phenoxy) is 1. The predicted molar refractivity (Wildman–Crippen MR) is 81.9 cm³/mol. The molecule has 0 N–H and O–H groups in total. The van der Waals surface area contributed by atoms with Crippen molar-refractivity contribution in [3.8, 4) is 0 Å². The van der Waals surface area contributed by atoms with Crippen LogP contribution < -0.4 is 4.90 Å². The zero-order valence-corrected chi connectivity index (χ0v) is 13.3. The zero-order chi connectivity index (χ0) is 15.0. The predicted octanol–water partition coefficient (Wildman–Crippen LogP) is 2.34. The van der Waals surface area contributed by atoms with E-state index in [9.17, 15) is 0 Å². The van der Waals surface area contributed by atoms with E-state index in [1.807, 2.05) is 6.92 Å². The van der Waals surface area contributed by atoms with E-state index >= 15 is 0 Å². The number of hydrogen-bond donors (Lipinski definition) is 0. The summed E-state index contributed by atoms with van der Waals surface area (Å²) in [6, 6.07) is 0.421. The van der Waals surface area contributed by atoms with E-state index < -0.39 is 0 Å². The normalized spacial score (nSPS) is 16.4. The number of aromatic nitrogens is 4. The van der Waals surface area contributed by atoms with E-state index in [1.165, 1.54) is 19.2 Å². The third-order valence-electron chi connectivity index (χ3n) is 4.18. The molecule has 114 valence electrons. The first-order valence-corrected chi connectivity index (χ1v) is 7.62. The molecule has 7 heteroatoms. The van der Waals surface area contributed by atoms with Gasteiger partial charge in [0.25, 0.3) is 5.78 Å². The summed E-state index contributed by atoms with van der Waals surface area (Å²) in [5, 5.41) is 4.80. The number of nitrogens with zero attached hydrogens (tertiary/aromatic N) is 5. The summed E-state index contributed by atoms with van der Waals surface area (Å²) in [4.78, 5) is 10.8. The van der Waals surface area contributed by atoms with Crippen LogP contribution >= 0.6 is 11.6 Å². The third kappa shape index (κ3) is 2.70. The Morgan fingerprint density at radius 1 is 1.52 bits per heavy atom. The van der Waals surface area contributed by atoms with E-state index in [1.54, 1.807) is 11.6 Å². The van der Waals surface area contributed by atoms with Crippen LogP contribution in [-0.2, 0) is 4.74 Å². The minimum atomic E-state index is 0.421. The Kier molecular flexibility index (Phi) is 3.99. The first kappa shape index (κ1) is 14.5. The Balaban J connectivity index is 2.08. The van der Waals surface area contributed by atoms with Crippen LogP contribution in [0.25, 0.3) is 5.78 Å². The lowest BCUT2D eigenvalue weighted by atomic mass is 10.1. The topological polar surface area (TPSA) is 55.5 Å². The van der Waals surface area contributed by atoms with Gasteiger partial charge in [-0.1, -0.05) is 11.6 Å². The minimum absolute atomic E-state index is 0.421. The van der Waals surface area contributed by atoms with Crippen LogP contribution in [0.3, 0.4) is 0 Å². The lowest BCUT2D eigenvalue weighted by molar-refractivity contribution is 0.202. The van der Waals surface area contributed by atoms with Crippen molar-refractivity contribution in [1.29, 1.82) is 0 Å². The number of anilines is 1. The summed E-state index contributed by atoms with van der Waals surface area (Å²) in [6.45, 7) is 5.69. The fourth-order valence-corrected chi connectivity index (χ4v) is 2.91. The number of methoxy groups -OCH3 is 1. The molecule has 0 radical (unpaired) electrons. The zero-order valence-electron chi connectivity index (χ0n) is 12.6. The molecule has 0 amide bonds. The van der Waals surface area contributed by atoms with Crippen LogP contribution in [0.15, 0.2) is 6.33 Å². The Hall–Kier alpha value is -1.40. The second kappa shape index (κ2) is 5.77. The van der Waals surface area contributed by atoms with E-state index in [-0.39, 0.29) is 0 Å². The van der Waals surface area contributed by atoms with Gasteiger partial charge in [0, 0.05) is 25.3 Å². The molecule has 0 saturated heterocycles. The molecule has 1 fully saturated rings. The summed E-state index contributed by atoms with van der Waals surface area (Å²) in [5.41, 5.74) is 0.929. The van der Waals surface area contributed by atoms with E-state index in [0.29, 0.717) is 23.6 Å². The SMILES string of the molecule is COCCN(c1c(C)c(Cl)nc2ncnn12)C(C)C1CC1. The highest BCUT2D eigenvalue weighted by atomic mass is 35.5. The van der Waals surface area contributed by atoms with Gasteiger partial charge in [-0.25, -0.2) is 0 Å². The fraction of sp³-hybridized carbons (Fsp3) is 0.643. The van der Waals surface area contributed by atoms with Crippen LogP contribution in [0.5, 0.6) is 0 Å². The minimum Gasteiger partial charge on any atom is -0.383 e. The van der Waals surface area contributed by atoms with Crippen molar-refractivity contribution in [2.45, 2.75) is 32.7 Å². The van der Waals surface area contributed by atoms with Gasteiger partial charge in [-0.3, -0.25) is 0 Å². The van der Waals surface area contributed by atoms with Gasteiger partial charge >= 0.3 is 0 Å². The summed E-state index contributed by atoms with van der Waals surface area (Å²) < 4.78 is 7.05. The average Bonchev–Trinajstić information content (AvgIpc) is 3.22. The molecule has 1 atom stereocenters. The molecule has 2 aromatic heterocycles. The van der Waals surface area contributed by atoms with E-state index in [4.69, 9.17) is 16.3 Å². The molecule has 2 aromatic rings. The molecule has 6 nitrogen and oxygen atoms in total. The molecule has 2 heterocycles. The standard InChI is InChI=1S/C14H20ClN5O/c1-9-12(15)18-14-16-8-17-20(14)13(9)19(6-7-21-3)10(2)11-4-5-11/h8,10-11H,4-7H2,1-3H3. The Labute approximate surface area is 129 Å². The molecular weight excluding hydrogens is 290 g/mol. The smallest absolute Gasteiger partial charge is 0.255 e. The summed E-state index contributed by atoms with van der Waals surface area (Å²) in [5.74, 6) is 2.23. The second-order valence-electron chi connectivity index (χ2n) is 5.59. The van der Waals surface area contributed by atoms with Gasteiger partial charge in [-0.15, -0.1) is 0 Å². The summed E-state index contributed by atoms with van der Waals surface area (Å²) >= 11 is 6.28. The van der Waals surface area contributed by atoms with Crippen molar-refractivity contribution in [1.82, 2.24) is 19.6 Å². The van der Waals surface area contributed by atoms with Crippen molar-refractivity contribution < 1.29 is 4.74 Å². The molecule has 21 heavy (non-hydrogen) atoms. The van der Waals surface area contributed by atoms with Crippen LogP contribution in [0, 0.1) is 12.8 Å². The monoisotopic (exact) mass is 309 g/mol. The maximum absolute atomic E-state index is 6.28.